The van der Waals surface area contributed by atoms with Gasteiger partial charge in [-0.3, -0.25) is 0 Å². The van der Waals surface area contributed by atoms with Gasteiger partial charge >= 0.3 is 0 Å². The van der Waals surface area contributed by atoms with Crippen molar-refractivity contribution in [3.8, 4) is 0 Å². The molecule has 0 aromatic carbocycles. The Bertz CT molecular complexity index is 124. The van der Waals surface area contributed by atoms with Gasteiger partial charge in [0.05, 0.1) is 12.2 Å². The lowest BCUT2D eigenvalue weighted by molar-refractivity contribution is -0.0381. The SMILES string of the molecule is CCNCC(C)(O)COCC(C)C. The highest BCUT2D eigenvalue weighted by Crippen LogP contribution is 2.03. The van der Waals surface area contributed by atoms with E-state index in [0.717, 1.165) is 6.54 Å². The molecule has 0 amide bonds. The fourth-order valence-corrected chi connectivity index (χ4v) is 0.960. The normalized spacial score (nSPS) is 16.2. The molecule has 0 aliphatic carbocycles. The van der Waals surface area contributed by atoms with Gasteiger partial charge in [0.1, 0.15) is 0 Å². The first-order valence-electron chi connectivity index (χ1n) is 4.99. The zero-order valence-corrected chi connectivity index (χ0v) is 9.26. The average molecular weight is 189 g/mol. The summed E-state index contributed by atoms with van der Waals surface area (Å²) < 4.78 is 5.37. The third-order valence-electron chi connectivity index (χ3n) is 1.62. The van der Waals surface area contributed by atoms with Crippen molar-refractivity contribution >= 4 is 0 Å². The minimum absolute atomic E-state index is 0.401. The number of aliphatic hydroxyl groups is 1. The molecule has 0 rings (SSSR count). The number of likely N-dealkylation sites (N-methyl/N-ethyl adjacent to an activating group) is 1. The Balaban J connectivity index is 3.50. The van der Waals surface area contributed by atoms with Gasteiger partial charge in [0.15, 0.2) is 0 Å². The molecule has 0 fully saturated rings. The Morgan fingerprint density at radius 3 is 2.54 bits per heavy atom. The standard InChI is InChI=1S/C10H23NO2/c1-5-11-7-10(4,12)8-13-6-9(2)3/h9,11-12H,5-8H2,1-4H3. The summed E-state index contributed by atoms with van der Waals surface area (Å²) in [6.07, 6.45) is 0. The van der Waals surface area contributed by atoms with E-state index in [1.54, 1.807) is 6.92 Å². The first-order chi connectivity index (χ1) is 5.98. The van der Waals surface area contributed by atoms with Crippen LogP contribution >= 0.6 is 0 Å². The summed E-state index contributed by atoms with van der Waals surface area (Å²) in [4.78, 5) is 0. The maximum atomic E-state index is 9.77. The second-order valence-electron chi connectivity index (χ2n) is 4.19. The van der Waals surface area contributed by atoms with E-state index in [1.165, 1.54) is 0 Å². The molecule has 0 aliphatic heterocycles. The Morgan fingerprint density at radius 2 is 2.08 bits per heavy atom. The summed E-state index contributed by atoms with van der Waals surface area (Å²) in [7, 11) is 0. The molecular weight excluding hydrogens is 166 g/mol. The van der Waals surface area contributed by atoms with Gasteiger partial charge in [-0.25, -0.2) is 0 Å². The van der Waals surface area contributed by atoms with Crippen molar-refractivity contribution in [2.24, 2.45) is 5.92 Å². The van der Waals surface area contributed by atoms with Crippen LogP contribution in [0.2, 0.25) is 0 Å². The van der Waals surface area contributed by atoms with Crippen LogP contribution < -0.4 is 5.32 Å². The number of hydrogen-bond acceptors (Lipinski definition) is 3. The van der Waals surface area contributed by atoms with Gasteiger partial charge in [-0.1, -0.05) is 20.8 Å². The number of ether oxygens (including phenoxy) is 1. The van der Waals surface area contributed by atoms with Gasteiger partial charge in [0.2, 0.25) is 0 Å². The summed E-state index contributed by atoms with van der Waals surface area (Å²) in [6.45, 7) is 10.6. The van der Waals surface area contributed by atoms with Gasteiger partial charge in [0.25, 0.3) is 0 Å². The van der Waals surface area contributed by atoms with Crippen molar-refractivity contribution in [2.45, 2.75) is 33.3 Å². The van der Waals surface area contributed by atoms with Crippen LogP contribution in [0, 0.1) is 5.92 Å². The third-order valence-corrected chi connectivity index (χ3v) is 1.62. The van der Waals surface area contributed by atoms with Crippen molar-refractivity contribution in [1.29, 1.82) is 0 Å². The predicted molar refractivity (Wildman–Crippen MR) is 54.8 cm³/mol. The van der Waals surface area contributed by atoms with Gasteiger partial charge < -0.3 is 15.2 Å². The van der Waals surface area contributed by atoms with Crippen LogP contribution in [0.5, 0.6) is 0 Å². The Labute approximate surface area is 81.5 Å². The molecular formula is C10H23NO2. The highest BCUT2D eigenvalue weighted by atomic mass is 16.5. The first kappa shape index (κ1) is 12.9. The molecule has 0 bridgehead atoms. The van der Waals surface area contributed by atoms with Crippen LogP contribution in [0.15, 0.2) is 0 Å². The zero-order chi connectivity index (χ0) is 10.3. The number of rotatable bonds is 7. The van der Waals surface area contributed by atoms with Crippen LogP contribution in [-0.4, -0.2) is 37.0 Å². The molecule has 0 heterocycles. The maximum Gasteiger partial charge on any atom is 0.0975 e. The average Bonchev–Trinajstić information content (AvgIpc) is 2.00. The molecule has 0 aliphatic rings. The fourth-order valence-electron chi connectivity index (χ4n) is 0.960. The van der Waals surface area contributed by atoms with E-state index in [4.69, 9.17) is 4.74 Å². The van der Waals surface area contributed by atoms with E-state index in [9.17, 15) is 5.11 Å². The van der Waals surface area contributed by atoms with E-state index in [1.807, 2.05) is 6.92 Å². The summed E-state index contributed by atoms with van der Waals surface area (Å²) in [6, 6.07) is 0. The molecule has 0 spiro atoms. The van der Waals surface area contributed by atoms with Crippen molar-refractivity contribution < 1.29 is 9.84 Å². The monoisotopic (exact) mass is 189 g/mol. The Hall–Kier alpha value is -0.120. The molecule has 0 radical (unpaired) electrons. The molecule has 0 aromatic heterocycles. The summed E-state index contributed by atoms with van der Waals surface area (Å²) in [5, 5.41) is 12.9. The molecule has 13 heavy (non-hydrogen) atoms. The number of hydrogen-bond donors (Lipinski definition) is 2. The van der Waals surface area contributed by atoms with Gasteiger partial charge in [-0.05, 0) is 19.4 Å². The van der Waals surface area contributed by atoms with Crippen molar-refractivity contribution in [1.82, 2.24) is 5.32 Å². The Morgan fingerprint density at radius 1 is 1.46 bits per heavy atom. The van der Waals surface area contributed by atoms with Crippen molar-refractivity contribution in [3.63, 3.8) is 0 Å². The molecule has 1 atom stereocenters. The zero-order valence-electron chi connectivity index (χ0n) is 9.26. The van der Waals surface area contributed by atoms with E-state index >= 15 is 0 Å². The van der Waals surface area contributed by atoms with Crippen LogP contribution in [0.25, 0.3) is 0 Å². The second kappa shape index (κ2) is 6.35. The summed E-state index contributed by atoms with van der Waals surface area (Å²) in [5.41, 5.74) is -0.745. The van der Waals surface area contributed by atoms with E-state index < -0.39 is 5.60 Å². The van der Waals surface area contributed by atoms with E-state index in [-0.39, 0.29) is 0 Å². The highest BCUT2D eigenvalue weighted by molar-refractivity contribution is 4.74. The maximum absolute atomic E-state index is 9.77. The van der Waals surface area contributed by atoms with Crippen LogP contribution in [-0.2, 0) is 4.74 Å². The molecule has 0 saturated heterocycles. The first-order valence-corrected chi connectivity index (χ1v) is 4.99. The largest absolute Gasteiger partial charge is 0.386 e. The third kappa shape index (κ3) is 8.22. The quantitative estimate of drug-likeness (QED) is 0.628. The fraction of sp³-hybridized carbons (Fsp3) is 1.00. The Kier molecular flexibility index (Phi) is 6.29. The molecule has 2 N–H and O–H groups in total. The van der Waals surface area contributed by atoms with Crippen LogP contribution in [0.3, 0.4) is 0 Å². The molecule has 1 unspecified atom stereocenters. The minimum Gasteiger partial charge on any atom is -0.386 e. The van der Waals surface area contributed by atoms with Crippen molar-refractivity contribution in [2.75, 3.05) is 26.3 Å². The van der Waals surface area contributed by atoms with Gasteiger partial charge in [-0.2, -0.15) is 0 Å². The summed E-state index contributed by atoms with van der Waals surface area (Å²) in [5.74, 6) is 0.523. The number of nitrogens with one attached hydrogen (secondary N) is 1. The lowest BCUT2D eigenvalue weighted by Crippen LogP contribution is -2.42. The van der Waals surface area contributed by atoms with Gasteiger partial charge in [0, 0.05) is 13.2 Å². The topological polar surface area (TPSA) is 41.5 Å². The lowest BCUT2D eigenvalue weighted by Gasteiger charge is -2.23. The van der Waals surface area contributed by atoms with E-state index in [2.05, 4.69) is 19.2 Å². The summed E-state index contributed by atoms with van der Waals surface area (Å²) >= 11 is 0. The van der Waals surface area contributed by atoms with Crippen LogP contribution in [0.4, 0.5) is 0 Å². The second-order valence-corrected chi connectivity index (χ2v) is 4.19. The molecule has 3 nitrogen and oxygen atoms in total. The highest BCUT2D eigenvalue weighted by Gasteiger charge is 2.19. The molecule has 0 aromatic rings. The minimum atomic E-state index is -0.745. The van der Waals surface area contributed by atoms with Crippen LogP contribution in [0.1, 0.15) is 27.7 Å². The smallest absolute Gasteiger partial charge is 0.0975 e. The predicted octanol–water partition coefficient (Wildman–Crippen LogP) is 1.02. The molecule has 0 saturated carbocycles. The molecule has 3 heteroatoms. The molecule has 80 valence electrons. The van der Waals surface area contributed by atoms with Gasteiger partial charge in [-0.15, -0.1) is 0 Å². The van der Waals surface area contributed by atoms with Crippen molar-refractivity contribution in [3.05, 3.63) is 0 Å². The van der Waals surface area contributed by atoms with E-state index in [0.29, 0.717) is 25.7 Å². The lowest BCUT2D eigenvalue weighted by atomic mass is 10.1.